The highest BCUT2D eigenvalue weighted by Gasteiger charge is 2.23. The first kappa shape index (κ1) is 12.2. The molecule has 2 atom stereocenters. The molecular weight excluding hydrogens is 289 g/mol. The number of aliphatic hydroxyl groups is 1. The zero-order valence-electron chi connectivity index (χ0n) is 8.92. The number of aliphatic hydroxyl groups excluding tert-OH is 1. The molecule has 0 bridgehead atoms. The van der Waals surface area contributed by atoms with Crippen LogP contribution in [0.4, 0.5) is 5.69 Å². The first-order valence-electron chi connectivity index (χ1n) is 5.57. The SMILES string of the molecule is OC1CCCCC1Nc1cccc(Cl)c1Br. The molecule has 0 heterocycles. The van der Waals surface area contributed by atoms with Crippen molar-refractivity contribution in [3.63, 3.8) is 0 Å². The number of halogens is 2. The Morgan fingerprint density at radius 3 is 2.81 bits per heavy atom. The van der Waals surface area contributed by atoms with Crippen LogP contribution in [0, 0.1) is 0 Å². The van der Waals surface area contributed by atoms with E-state index in [1.54, 1.807) is 0 Å². The highest BCUT2D eigenvalue weighted by Crippen LogP contribution is 2.32. The normalized spacial score (nSPS) is 25.4. The van der Waals surface area contributed by atoms with Crippen LogP contribution < -0.4 is 5.32 Å². The van der Waals surface area contributed by atoms with Gasteiger partial charge in [0, 0.05) is 0 Å². The highest BCUT2D eigenvalue weighted by molar-refractivity contribution is 9.10. The van der Waals surface area contributed by atoms with Crippen molar-refractivity contribution in [3.05, 3.63) is 27.7 Å². The van der Waals surface area contributed by atoms with E-state index in [9.17, 15) is 5.11 Å². The number of rotatable bonds is 2. The molecule has 0 saturated heterocycles. The van der Waals surface area contributed by atoms with Gasteiger partial charge >= 0.3 is 0 Å². The summed E-state index contributed by atoms with van der Waals surface area (Å²) in [5, 5.41) is 13.9. The van der Waals surface area contributed by atoms with Crippen LogP contribution in [0.25, 0.3) is 0 Å². The van der Waals surface area contributed by atoms with Crippen molar-refractivity contribution < 1.29 is 5.11 Å². The van der Waals surface area contributed by atoms with E-state index in [4.69, 9.17) is 11.6 Å². The molecule has 16 heavy (non-hydrogen) atoms. The zero-order chi connectivity index (χ0) is 11.5. The molecule has 1 aliphatic carbocycles. The van der Waals surface area contributed by atoms with Crippen LogP contribution in [0.1, 0.15) is 25.7 Å². The van der Waals surface area contributed by atoms with Crippen molar-refractivity contribution >= 4 is 33.2 Å². The van der Waals surface area contributed by atoms with Crippen molar-refractivity contribution in [2.24, 2.45) is 0 Å². The summed E-state index contributed by atoms with van der Waals surface area (Å²) in [4.78, 5) is 0. The minimum atomic E-state index is -0.250. The van der Waals surface area contributed by atoms with Crippen LogP contribution in [0.5, 0.6) is 0 Å². The summed E-state index contributed by atoms with van der Waals surface area (Å²) in [6, 6.07) is 5.86. The topological polar surface area (TPSA) is 32.3 Å². The van der Waals surface area contributed by atoms with Crippen molar-refractivity contribution in [2.45, 2.75) is 37.8 Å². The van der Waals surface area contributed by atoms with E-state index in [-0.39, 0.29) is 12.1 Å². The Labute approximate surface area is 109 Å². The van der Waals surface area contributed by atoms with Crippen LogP contribution in [0.3, 0.4) is 0 Å². The predicted octanol–water partition coefficient (Wildman–Crippen LogP) is 3.82. The fraction of sp³-hybridized carbons (Fsp3) is 0.500. The Morgan fingerprint density at radius 2 is 2.06 bits per heavy atom. The Kier molecular flexibility index (Phi) is 4.11. The molecule has 0 spiro atoms. The Morgan fingerprint density at radius 1 is 1.31 bits per heavy atom. The summed E-state index contributed by atoms with van der Waals surface area (Å²) in [5.41, 5.74) is 0.957. The van der Waals surface area contributed by atoms with Gasteiger partial charge in [0.25, 0.3) is 0 Å². The van der Waals surface area contributed by atoms with Gasteiger partial charge < -0.3 is 10.4 Å². The predicted molar refractivity (Wildman–Crippen MR) is 71.0 cm³/mol. The number of nitrogens with one attached hydrogen (secondary N) is 1. The van der Waals surface area contributed by atoms with Crippen molar-refractivity contribution in [1.82, 2.24) is 0 Å². The molecule has 2 unspecified atom stereocenters. The Bertz CT molecular complexity index is 372. The number of anilines is 1. The van der Waals surface area contributed by atoms with E-state index in [0.717, 1.165) is 29.4 Å². The molecule has 2 N–H and O–H groups in total. The molecule has 4 heteroatoms. The van der Waals surface area contributed by atoms with Gasteiger partial charge in [0.15, 0.2) is 0 Å². The van der Waals surface area contributed by atoms with Crippen LogP contribution in [-0.4, -0.2) is 17.3 Å². The smallest absolute Gasteiger partial charge is 0.0741 e. The van der Waals surface area contributed by atoms with Crippen LogP contribution in [0.2, 0.25) is 5.02 Å². The largest absolute Gasteiger partial charge is 0.391 e. The third-order valence-electron chi connectivity index (χ3n) is 3.02. The Hall–Kier alpha value is -0.250. The molecule has 1 aromatic carbocycles. The van der Waals surface area contributed by atoms with Gasteiger partial charge in [-0.15, -0.1) is 0 Å². The van der Waals surface area contributed by atoms with E-state index in [0.29, 0.717) is 5.02 Å². The minimum Gasteiger partial charge on any atom is -0.391 e. The highest BCUT2D eigenvalue weighted by atomic mass is 79.9. The summed E-state index contributed by atoms with van der Waals surface area (Å²) in [5.74, 6) is 0. The zero-order valence-corrected chi connectivity index (χ0v) is 11.3. The van der Waals surface area contributed by atoms with Gasteiger partial charge in [-0.2, -0.15) is 0 Å². The van der Waals surface area contributed by atoms with Gasteiger partial charge in [-0.05, 0) is 40.9 Å². The third-order valence-corrected chi connectivity index (χ3v) is 4.42. The summed E-state index contributed by atoms with van der Waals surface area (Å²) in [6.45, 7) is 0. The molecule has 0 amide bonds. The standard InChI is InChI=1S/C12H15BrClNO/c13-12-8(14)4-3-6-10(12)15-9-5-1-2-7-11(9)16/h3-4,6,9,11,15-16H,1-2,5,7H2. The molecule has 0 radical (unpaired) electrons. The van der Waals surface area contributed by atoms with Crippen molar-refractivity contribution in [2.75, 3.05) is 5.32 Å². The van der Waals surface area contributed by atoms with Gasteiger partial charge in [-0.1, -0.05) is 30.5 Å². The molecule has 88 valence electrons. The molecule has 1 fully saturated rings. The lowest BCUT2D eigenvalue weighted by Crippen LogP contribution is -2.36. The molecule has 1 saturated carbocycles. The van der Waals surface area contributed by atoms with E-state index in [1.165, 1.54) is 6.42 Å². The lowest BCUT2D eigenvalue weighted by atomic mass is 9.92. The van der Waals surface area contributed by atoms with Crippen LogP contribution >= 0.6 is 27.5 Å². The summed E-state index contributed by atoms with van der Waals surface area (Å²) in [6.07, 6.45) is 3.94. The monoisotopic (exact) mass is 303 g/mol. The molecule has 0 aliphatic heterocycles. The van der Waals surface area contributed by atoms with Crippen molar-refractivity contribution in [1.29, 1.82) is 0 Å². The van der Waals surface area contributed by atoms with Gasteiger partial charge in [0.05, 0.1) is 27.3 Å². The van der Waals surface area contributed by atoms with E-state index in [1.807, 2.05) is 18.2 Å². The summed E-state index contributed by atoms with van der Waals surface area (Å²) < 4.78 is 0.870. The van der Waals surface area contributed by atoms with E-state index in [2.05, 4.69) is 21.2 Å². The van der Waals surface area contributed by atoms with Gasteiger partial charge in [0.1, 0.15) is 0 Å². The number of hydrogen-bond acceptors (Lipinski definition) is 2. The first-order valence-corrected chi connectivity index (χ1v) is 6.74. The summed E-state index contributed by atoms with van der Waals surface area (Å²) >= 11 is 9.47. The maximum atomic E-state index is 9.88. The quantitative estimate of drug-likeness (QED) is 0.870. The van der Waals surface area contributed by atoms with Gasteiger partial charge in [0.2, 0.25) is 0 Å². The summed E-state index contributed by atoms with van der Waals surface area (Å²) in [7, 11) is 0. The van der Waals surface area contributed by atoms with E-state index >= 15 is 0 Å². The average molecular weight is 305 g/mol. The number of hydrogen-bond donors (Lipinski definition) is 2. The maximum absolute atomic E-state index is 9.88. The molecule has 2 rings (SSSR count). The second-order valence-electron chi connectivity index (χ2n) is 4.20. The molecular formula is C12H15BrClNO. The van der Waals surface area contributed by atoms with Crippen LogP contribution in [-0.2, 0) is 0 Å². The molecule has 1 aromatic rings. The second kappa shape index (κ2) is 5.39. The number of benzene rings is 1. The van der Waals surface area contributed by atoms with E-state index < -0.39 is 0 Å². The fourth-order valence-electron chi connectivity index (χ4n) is 2.09. The third kappa shape index (κ3) is 2.70. The maximum Gasteiger partial charge on any atom is 0.0741 e. The minimum absolute atomic E-state index is 0.142. The molecule has 0 aromatic heterocycles. The first-order chi connectivity index (χ1) is 7.68. The molecule has 1 aliphatic rings. The fourth-order valence-corrected chi connectivity index (χ4v) is 2.65. The lowest BCUT2D eigenvalue weighted by molar-refractivity contribution is 0.116. The van der Waals surface area contributed by atoms with Gasteiger partial charge in [-0.3, -0.25) is 0 Å². The lowest BCUT2D eigenvalue weighted by Gasteiger charge is -2.29. The van der Waals surface area contributed by atoms with Gasteiger partial charge in [-0.25, -0.2) is 0 Å². The van der Waals surface area contributed by atoms with Crippen molar-refractivity contribution in [3.8, 4) is 0 Å². The molecule has 2 nitrogen and oxygen atoms in total. The second-order valence-corrected chi connectivity index (χ2v) is 5.40. The average Bonchev–Trinajstić information content (AvgIpc) is 2.28. The van der Waals surface area contributed by atoms with Crippen LogP contribution in [0.15, 0.2) is 22.7 Å². The Balaban J connectivity index is 2.10.